The van der Waals surface area contributed by atoms with Crippen molar-refractivity contribution in [3.05, 3.63) is 35.4 Å². The van der Waals surface area contributed by atoms with Crippen molar-refractivity contribution in [2.75, 3.05) is 0 Å². The second kappa shape index (κ2) is 5.20. The van der Waals surface area contributed by atoms with Crippen molar-refractivity contribution in [2.45, 2.75) is 32.9 Å². The Bertz CT molecular complexity index is 595. The van der Waals surface area contributed by atoms with Crippen LogP contribution >= 0.6 is 0 Å². The maximum Gasteiger partial charge on any atom is 0.170 e. The molecule has 0 amide bonds. The molecule has 0 aliphatic carbocycles. The zero-order chi connectivity index (χ0) is 14.9. The van der Waals surface area contributed by atoms with Gasteiger partial charge in [0, 0.05) is 17.7 Å². The summed E-state index contributed by atoms with van der Waals surface area (Å²) in [5, 5.41) is 13.8. The Morgan fingerprint density at radius 1 is 1.15 bits per heavy atom. The van der Waals surface area contributed by atoms with Crippen LogP contribution in [0, 0.1) is 17.5 Å². The summed E-state index contributed by atoms with van der Waals surface area (Å²) >= 11 is 0. The van der Waals surface area contributed by atoms with Crippen LogP contribution in [0.4, 0.5) is 13.2 Å². The predicted molar refractivity (Wildman–Crippen MR) is 65.6 cm³/mol. The van der Waals surface area contributed by atoms with Gasteiger partial charge in [0.1, 0.15) is 11.5 Å². The molecule has 1 N–H and O–H groups in total. The first kappa shape index (κ1) is 14.4. The van der Waals surface area contributed by atoms with Gasteiger partial charge >= 0.3 is 0 Å². The quantitative estimate of drug-likeness (QED) is 0.936. The minimum absolute atomic E-state index is 0.212. The smallest absolute Gasteiger partial charge is 0.170 e. The van der Waals surface area contributed by atoms with Gasteiger partial charge in [-0.2, -0.15) is 4.68 Å². The number of nitrogens with one attached hydrogen (secondary N) is 1. The third-order valence-corrected chi connectivity index (χ3v) is 2.50. The van der Waals surface area contributed by atoms with E-state index in [0.29, 0.717) is 12.1 Å². The minimum Gasteiger partial charge on any atom is -0.305 e. The number of tetrazole rings is 1. The van der Waals surface area contributed by atoms with Crippen LogP contribution in [-0.2, 0) is 6.54 Å². The summed E-state index contributed by atoms with van der Waals surface area (Å²) in [4.78, 5) is 0. The van der Waals surface area contributed by atoms with Crippen LogP contribution in [0.2, 0.25) is 0 Å². The maximum absolute atomic E-state index is 13.7. The molecule has 0 atom stereocenters. The van der Waals surface area contributed by atoms with E-state index < -0.39 is 23.1 Å². The van der Waals surface area contributed by atoms with Crippen molar-refractivity contribution >= 4 is 0 Å². The normalized spacial score (nSPS) is 11.9. The molecule has 1 aromatic carbocycles. The zero-order valence-electron chi connectivity index (χ0n) is 11.3. The molecule has 8 heteroatoms. The lowest BCUT2D eigenvalue weighted by molar-refractivity contribution is 0.413. The molecule has 20 heavy (non-hydrogen) atoms. The second-order valence-electron chi connectivity index (χ2n) is 5.33. The average Bonchev–Trinajstić information content (AvgIpc) is 2.72. The van der Waals surface area contributed by atoms with E-state index in [-0.39, 0.29) is 17.9 Å². The highest BCUT2D eigenvalue weighted by Crippen LogP contribution is 2.19. The maximum atomic E-state index is 13.7. The molecule has 2 aromatic rings. The molecular formula is C12H14F3N5. The van der Waals surface area contributed by atoms with Crippen LogP contribution in [0.1, 0.15) is 26.6 Å². The van der Waals surface area contributed by atoms with Gasteiger partial charge in [-0.1, -0.05) is 0 Å². The molecule has 1 heterocycles. The largest absolute Gasteiger partial charge is 0.305 e. The molecule has 0 aliphatic rings. The van der Waals surface area contributed by atoms with Gasteiger partial charge in [0.15, 0.2) is 17.5 Å². The molecule has 0 aliphatic heterocycles. The van der Waals surface area contributed by atoms with Crippen LogP contribution in [-0.4, -0.2) is 25.7 Å². The average molecular weight is 285 g/mol. The van der Waals surface area contributed by atoms with E-state index in [4.69, 9.17) is 0 Å². The molecule has 5 nitrogen and oxygen atoms in total. The van der Waals surface area contributed by atoms with Gasteiger partial charge in [0.25, 0.3) is 0 Å². The fourth-order valence-electron chi connectivity index (χ4n) is 1.57. The number of hydrogen-bond donors (Lipinski definition) is 1. The number of nitrogens with zero attached hydrogens (tertiary/aromatic N) is 4. The molecule has 0 fully saturated rings. The van der Waals surface area contributed by atoms with Crippen molar-refractivity contribution < 1.29 is 13.2 Å². The Balaban J connectivity index is 2.38. The van der Waals surface area contributed by atoms with Crippen LogP contribution in [0.25, 0.3) is 5.69 Å². The van der Waals surface area contributed by atoms with Crippen LogP contribution in [0.5, 0.6) is 0 Å². The number of benzene rings is 1. The van der Waals surface area contributed by atoms with E-state index in [1.54, 1.807) is 0 Å². The first-order valence-corrected chi connectivity index (χ1v) is 5.95. The van der Waals surface area contributed by atoms with E-state index in [0.717, 1.165) is 4.68 Å². The Morgan fingerprint density at radius 2 is 1.75 bits per heavy atom. The first-order chi connectivity index (χ1) is 9.28. The van der Waals surface area contributed by atoms with Crippen LogP contribution in [0.3, 0.4) is 0 Å². The summed E-state index contributed by atoms with van der Waals surface area (Å²) in [7, 11) is 0. The lowest BCUT2D eigenvalue weighted by Crippen LogP contribution is -2.36. The Morgan fingerprint density at radius 3 is 2.30 bits per heavy atom. The summed E-state index contributed by atoms with van der Waals surface area (Å²) < 4.78 is 41.2. The third kappa shape index (κ3) is 3.13. The lowest BCUT2D eigenvalue weighted by Gasteiger charge is -2.20. The molecule has 0 bridgehead atoms. The van der Waals surface area contributed by atoms with E-state index in [1.807, 2.05) is 20.8 Å². The number of halogens is 3. The van der Waals surface area contributed by atoms with Gasteiger partial charge in [-0.3, -0.25) is 0 Å². The summed E-state index contributed by atoms with van der Waals surface area (Å²) in [5.74, 6) is -2.89. The van der Waals surface area contributed by atoms with Gasteiger partial charge < -0.3 is 5.32 Å². The van der Waals surface area contributed by atoms with E-state index in [2.05, 4.69) is 20.8 Å². The molecule has 0 unspecified atom stereocenters. The topological polar surface area (TPSA) is 55.6 Å². The van der Waals surface area contributed by atoms with E-state index in [9.17, 15) is 13.2 Å². The van der Waals surface area contributed by atoms with E-state index in [1.165, 1.54) is 0 Å². The molecule has 0 saturated carbocycles. The second-order valence-corrected chi connectivity index (χ2v) is 5.33. The van der Waals surface area contributed by atoms with Crippen molar-refractivity contribution in [3.8, 4) is 5.69 Å². The summed E-state index contributed by atoms with van der Waals surface area (Å²) in [5.41, 5.74) is -0.710. The molecule has 0 spiro atoms. The number of rotatable bonds is 3. The summed E-state index contributed by atoms with van der Waals surface area (Å²) in [6.45, 7) is 6.01. The molecule has 2 rings (SSSR count). The fourth-order valence-corrected chi connectivity index (χ4v) is 1.57. The van der Waals surface area contributed by atoms with Crippen molar-refractivity contribution in [3.63, 3.8) is 0 Å². The first-order valence-electron chi connectivity index (χ1n) is 5.95. The summed E-state index contributed by atoms with van der Waals surface area (Å²) in [6, 6.07) is 1.17. The molecule has 0 saturated heterocycles. The van der Waals surface area contributed by atoms with Crippen molar-refractivity contribution in [1.29, 1.82) is 0 Å². The third-order valence-electron chi connectivity index (χ3n) is 2.50. The monoisotopic (exact) mass is 285 g/mol. The van der Waals surface area contributed by atoms with Gasteiger partial charge in [0.05, 0.1) is 6.54 Å². The molecule has 1 aromatic heterocycles. The standard InChI is InChI=1S/C12H14F3N5/c1-12(2,3)16-6-10-17-18-19-20(10)11-8(14)4-7(13)5-9(11)15/h4-5,16H,6H2,1-3H3. The van der Waals surface area contributed by atoms with Crippen molar-refractivity contribution in [1.82, 2.24) is 25.5 Å². The van der Waals surface area contributed by atoms with Gasteiger partial charge in [0.2, 0.25) is 0 Å². The SMILES string of the molecule is CC(C)(C)NCc1nnnn1-c1c(F)cc(F)cc1F. The highest BCUT2D eigenvalue weighted by atomic mass is 19.1. The predicted octanol–water partition coefficient (Wildman–Crippen LogP) is 1.97. The highest BCUT2D eigenvalue weighted by Gasteiger charge is 2.19. The van der Waals surface area contributed by atoms with Gasteiger partial charge in [-0.05, 0) is 31.2 Å². The van der Waals surface area contributed by atoms with Crippen LogP contribution < -0.4 is 5.32 Å². The highest BCUT2D eigenvalue weighted by molar-refractivity contribution is 5.35. The molecular weight excluding hydrogens is 271 g/mol. The Kier molecular flexibility index (Phi) is 3.76. The summed E-state index contributed by atoms with van der Waals surface area (Å²) in [6.07, 6.45) is 0. The molecule has 108 valence electrons. The minimum atomic E-state index is -1.06. The van der Waals surface area contributed by atoms with Gasteiger partial charge in [-0.15, -0.1) is 5.10 Å². The molecule has 0 radical (unpaired) electrons. The Hall–Kier alpha value is -1.96. The number of aromatic nitrogens is 4. The van der Waals surface area contributed by atoms with Gasteiger partial charge in [-0.25, -0.2) is 13.2 Å². The van der Waals surface area contributed by atoms with Crippen LogP contribution in [0.15, 0.2) is 12.1 Å². The van der Waals surface area contributed by atoms with Crippen molar-refractivity contribution in [2.24, 2.45) is 0 Å². The Labute approximate surface area is 113 Å². The number of hydrogen-bond acceptors (Lipinski definition) is 4. The fraction of sp³-hybridized carbons (Fsp3) is 0.417. The zero-order valence-corrected chi connectivity index (χ0v) is 11.3. The lowest BCUT2D eigenvalue weighted by atomic mass is 10.1. The van der Waals surface area contributed by atoms with E-state index >= 15 is 0 Å².